The standard InChI is InChI=1S/C18H16N4O/c1-11-18-12(2)21-17-13(14-9-19-8-7-16(14)23-3)5-4-6-15(17)22(18)10-20-11/h4-10H,1-3H3. The topological polar surface area (TPSA) is 52.3 Å². The van der Waals surface area contributed by atoms with Crippen molar-refractivity contribution in [1.82, 2.24) is 19.4 Å². The van der Waals surface area contributed by atoms with Crippen molar-refractivity contribution in [1.29, 1.82) is 0 Å². The van der Waals surface area contributed by atoms with Crippen LogP contribution in [0.5, 0.6) is 5.75 Å². The van der Waals surface area contributed by atoms with Gasteiger partial charge in [-0.05, 0) is 26.0 Å². The highest BCUT2D eigenvalue weighted by atomic mass is 16.5. The van der Waals surface area contributed by atoms with Crippen molar-refractivity contribution in [3.05, 3.63) is 54.4 Å². The van der Waals surface area contributed by atoms with Gasteiger partial charge in [0.15, 0.2) is 0 Å². The lowest BCUT2D eigenvalue weighted by molar-refractivity contribution is 0.416. The van der Waals surface area contributed by atoms with Crippen LogP contribution < -0.4 is 4.74 Å². The van der Waals surface area contributed by atoms with E-state index in [-0.39, 0.29) is 0 Å². The highest BCUT2D eigenvalue weighted by Gasteiger charge is 2.14. The Morgan fingerprint density at radius 2 is 1.91 bits per heavy atom. The molecule has 5 nitrogen and oxygen atoms in total. The molecule has 0 radical (unpaired) electrons. The fourth-order valence-corrected chi connectivity index (χ4v) is 3.10. The van der Waals surface area contributed by atoms with Crippen LogP contribution in [0.15, 0.2) is 43.0 Å². The molecule has 0 amide bonds. The Hall–Kier alpha value is -2.95. The van der Waals surface area contributed by atoms with Gasteiger partial charge in [0.05, 0.1) is 35.0 Å². The number of imidazole rings is 1. The molecule has 5 heteroatoms. The number of pyridine rings is 1. The van der Waals surface area contributed by atoms with Crippen LogP contribution in [-0.4, -0.2) is 26.5 Å². The number of nitrogens with zero attached hydrogens (tertiary/aromatic N) is 4. The molecule has 3 aromatic heterocycles. The fourth-order valence-electron chi connectivity index (χ4n) is 3.10. The summed E-state index contributed by atoms with van der Waals surface area (Å²) in [5.41, 5.74) is 6.89. The van der Waals surface area contributed by atoms with Crippen LogP contribution in [0.3, 0.4) is 0 Å². The zero-order chi connectivity index (χ0) is 16.0. The second kappa shape index (κ2) is 5.05. The summed E-state index contributed by atoms with van der Waals surface area (Å²) in [6.45, 7) is 4.02. The van der Waals surface area contributed by atoms with Gasteiger partial charge < -0.3 is 4.74 Å². The third-order valence-corrected chi connectivity index (χ3v) is 4.14. The van der Waals surface area contributed by atoms with Gasteiger partial charge in [-0.25, -0.2) is 9.97 Å². The lowest BCUT2D eigenvalue weighted by Crippen LogP contribution is -1.97. The van der Waals surface area contributed by atoms with E-state index in [1.165, 1.54) is 0 Å². The average molecular weight is 304 g/mol. The van der Waals surface area contributed by atoms with Crippen molar-refractivity contribution in [3.8, 4) is 16.9 Å². The van der Waals surface area contributed by atoms with E-state index in [0.717, 1.165) is 44.8 Å². The van der Waals surface area contributed by atoms with Crippen LogP contribution in [0.4, 0.5) is 0 Å². The summed E-state index contributed by atoms with van der Waals surface area (Å²) in [6, 6.07) is 7.99. The number of ether oxygens (including phenoxy) is 1. The number of hydrogen-bond acceptors (Lipinski definition) is 4. The molecule has 0 saturated heterocycles. The Balaban J connectivity index is 2.13. The van der Waals surface area contributed by atoms with Gasteiger partial charge in [0.2, 0.25) is 0 Å². The molecule has 0 aliphatic rings. The normalized spacial score (nSPS) is 11.3. The Labute approximate surface area is 133 Å². The van der Waals surface area contributed by atoms with Crippen LogP contribution in [0, 0.1) is 13.8 Å². The maximum atomic E-state index is 5.48. The van der Waals surface area contributed by atoms with E-state index in [1.807, 2.05) is 44.6 Å². The molecule has 0 bridgehead atoms. The van der Waals surface area contributed by atoms with Crippen LogP contribution in [0.25, 0.3) is 27.7 Å². The van der Waals surface area contributed by atoms with E-state index >= 15 is 0 Å². The van der Waals surface area contributed by atoms with Gasteiger partial charge in [-0.2, -0.15) is 0 Å². The van der Waals surface area contributed by atoms with Gasteiger partial charge >= 0.3 is 0 Å². The van der Waals surface area contributed by atoms with Gasteiger partial charge in [-0.15, -0.1) is 0 Å². The van der Waals surface area contributed by atoms with Gasteiger partial charge in [0, 0.05) is 23.5 Å². The highest BCUT2D eigenvalue weighted by molar-refractivity contribution is 5.95. The molecule has 0 unspecified atom stereocenters. The summed E-state index contributed by atoms with van der Waals surface area (Å²) >= 11 is 0. The molecule has 0 saturated carbocycles. The number of aryl methyl sites for hydroxylation is 2. The lowest BCUT2D eigenvalue weighted by Gasteiger charge is -2.12. The number of para-hydroxylation sites is 1. The monoisotopic (exact) mass is 304 g/mol. The molecule has 0 N–H and O–H groups in total. The first-order valence-electron chi connectivity index (χ1n) is 7.42. The number of methoxy groups -OCH3 is 1. The average Bonchev–Trinajstić information content (AvgIpc) is 2.97. The largest absolute Gasteiger partial charge is 0.496 e. The minimum atomic E-state index is 0.786. The summed E-state index contributed by atoms with van der Waals surface area (Å²) in [4.78, 5) is 13.5. The Kier molecular flexibility index (Phi) is 3.01. The van der Waals surface area contributed by atoms with E-state index in [1.54, 1.807) is 13.3 Å². The van der Waals surface area contributed by atoms with Crippen LogP contribution in [-0.2, 0) is 0 Å². The zero-order valence-corrected chi connectivity index (χ0v) is 13.2. The lowest BCUT2D eigenvalue weighted by atomic mass is 10.0. The third-order valence-electron chi connectivity index (χ3n) is 4.14. The minimum Gasteiger partial charge on any atom is -0.496 e. The number of rotatable bonds is 2. The molecule has 3 heterocycles. The smallest absolute Gasteiger partial charge is 0.129 e. The van der Waals surface area contributed by atoms with E-state index < -0.39 is 0 Å². The van der Waals surface area contributed by atoms with Crippen molar-refractivity contribution in [2.45, 2.75) is 13.8 Å². The molecule has 0 aliphatic carbocycles. The molecule has 4 rings (SSSR count). The molecule has 0 atom stereocenters. The van der Waals surface area contributed by atoms with Gasteiger partial charge in [-0.1, -0.05) is 12.1 Å². The molecule has 0 aliphatic heterocycles. The van der Waals surface area contributed by atoms with Crippen molar-refractivity contribution in [2.75, 3.05) is 7.11 Å². The van der Waals surface area contributed by atoms with Gasteiger partial charge in [0.25, 0.3) is 0 Å². The minimum absolute atomic E-state index is 0.786. The van der Waals surface area contributed by atoms with Crippen LogP contribution >= 0.6 is 0 Å². The Bertz CT molecular complexity index is 1040. The van der Waals surface area contributed by atoms with Gasteiger partial charge in [0.1, 0.15) is 12.1 Å². The summed E-state index contributed by atoms with van der Waals surface area (Å²) in [7, 11) is 1.67. The first kappa shape index (κ1) is 13.7. The van der Waals surface area contributed by atoms with Crippen molar-refractivity contribution in [2.24, 2.45) is 0 Å². The quantitative estimate of drug-likeness (QED) is 0.568. The number of aromatic nitrogens is 4. The van der Waals surface area contributed by atoms with E-state index in [2.05, 4.69) is 20.4 Å². The second-order valence-electron chi connectivity index (χ2n) is 5.50. The predicted molar refractivity (Wildman–Crippen MR) is 89.8 cm³/mol. The highest BCUT2D eigenvalue weighted by Crippen LogP contribution is 2.34. The molecule has 1 aromatic carbocycles. The molecule has 23 heavy (non-hydrogen) atoms. The predicted octanol–water partition coefficient (Wildman–Crippen LogP) is 3.57. The second-order valence-corrected chi connectivity index (χ2v) is 5.50. The van der Waals surface area contributed by atoms with Crippen molar-refractivity contribution < 1.29 is 4.74 Å². The molecule has 114 valence electrons. The number of benzene rings is 1. The Morgan fingerprint density at radius 1 is 1.04 bits per heavy atom. The molecular weight excluding hydrogens is 288 g/mol. The maximum Gasteiger partial charge on any atom is 0.129 e. The van der Waals surface area contributed by atoms with Crippen molar-refractivity contribution in [3.63, 3.8) is 0 Å². The number of fused-ring (bicyclic) bond motifs is 3. The maximum absolute atomic E-state index is 5.48. The Morgan fingerprint density at radius 3 is 2.74 bits per heavy atom. The summed E-state index contributed by atoms with van der Waals surface area (Å²) < 4.78 is 7.58. The molecule has 0 fully saturated rings. The molecule has 0 spiro atoms. The first-order chi connectivity index (χ1) is 11.2. The van der Waals surface area contributed by atoms with Crippen molar-refractivity contribution >= 4 is 16.6 Å². The van der Waals surface area contributed by atoms with Crippen LogP contribution in [0.1, 0.15) is 11.4 Å². The summed E-state index contributed by atoms with van der Waals surface area (Å²) in [5, 5.41) is 0. The van der Waals surface area contributed by atoms with Gasteiger partial charge in [-0.3, -0.25) is 9.38 Å². The first-order valence-corrected chi connectivity index (χ1v) is 7.42. The summed E-state index contributed by atoms with van der Waals surface area (Å²) in [6.07, 6.45) is 5.39. The zero-order valence-electron chi connectivity index (χ0n) is 13.2. The van der Waals surface area contributed by atoms with E-state index in [0.29, 0.717) is 0 Å². The molecular formula is C18H16N4O. The van der Waals surface area contributed by atoms with E-state index in [4.69, 9.17) is 9.72 Å². The third kappa shape index (κ3) is 1.97. The van der Waals surface area contributed by atoms with E-state index in [9.17, 15) is 0 Å². The SMILES string of the molecule is COc1ccncc1-c1cccc2c1nc(C)c1c(C)ncn12. The fraction of sp³-hybridized carbons (Fsp3) is 0.167. The van der Waals surface area contributed by atoms with Crippen LogP contribution in [0.2, 0.25) is 0 Å². The molecule has 4 aromatic rings. The number of hydrogen-bond donors (Lipinski definition) is 0. The summed E-state index contributed by atoms with van der Waals surface area (Å²) in [5.74, 6) is 0.786.